The van der Waals surface area contributed by atoms with Gasteiger partial charge in [-0.05, 0) is 51.6 Å². The molecule has 0 aromatic carbocycles. The first-order valence-corrected chi connectivity index (χ1v) is 7.83. The number of hydrogen-bond donors (Lipinski definition) is 2. The Balaban J connectivity index is 2.43. The van der Waals surface area contributed by atoms with Gasteiger partial charge in [-0.1, -0.05) is 6.92 Å². The van der Waals surface area contributed by atoms with Gasteiger partial charge in [0.1, 0.15) is 0 Å². The number of piperidine rings is 1. The summed E-state index contributed by atoms with van der Waals surface area (Å²) in [6.07, 6.45) is 2.85. The zero-order chi connectivity index (χ0) is 15.0. The van der Waals surface area contributed by atoms with Gasteiger partial charge in [0.2, 0.25) is 11.8 Å². The van der Waals surface area contributed by atoms with Gasteiger partial charge in [-0.15, -0.1) is 0 Å². The summed E-state index contributed by atoms with van der Waals surface area (Å²) in [5.74, 6) is 1.05. The molecule has 1 rings (SSSR count). The Morgan fingerprint density at radius 2 is 1.95 bits per heavy atom. The van der Waals surface area contributed by atoms with Crippen LogP contribution in [-0.4, -0.2) is 49.4 Å². The Bertz CT molecular complexity index is 314. The smallest absolute Gasteiger partial charge is 0.239 e. The minimum Gasteiger partial charge on any atom is -0.355 e. The molecule has 0 saturated carbocycles. The van der Waals surface area contributed by atoms with E-state index in [4.69, 9.17) is 0 Å². The van der Waals surface area contributed by atoms with Gasteiger partial charge >= 0.3 is 0 Å². The van der Waals surface area contributed by atoms with Crippen molar-refractivity contribution < 1.29 is 9.59 Å². The van der Waals surface area contributed by atoms with E-state index in [2.05, 4.69) is 17.6 Å². The van der Waals surface area contributed by atoms with Gasteiger partial charge in [-0.25, -0.2) is 0 Å². The third kappa shape index (κ3) is 5.49. The highest BCUT2D eigenvalue weighted by Gasteiger charge is 2.24. The quantitative estimate of drug-likeness (QED) is 0.732. The van der Waals surface area contributed by atoms with E-state index in [1.165, 1.54) is 0 Å². The molecule has 1 aliphatic heterocycles. The van der Waals surface area contributed by atoms with Crippen LogP contribution in [0.4, 0.5) is 0 Å². The van der Waals surface area contributed by atoms with Gasteiger partial charge in [0.05, 0.1) is 6.54 Å². The van der Waals surface area contributed by atoms with Crippen molar-refractivity contribution in [2.24, 2.45) is 11.8 Å². The first kappa shape index (κ1) is 17.0. The lowest BCUT2D eigenvalue weighted by molar-refractivity contribution is -0.136. The molecule has 1 unspecified atom stereocenters. The topological polar surface area (TPSA) is 61.4 Å². The number of rotatable bonds is 7. The van der Waals surface area contributed by atoms with Gasteiger partial charge in [0.15, 0.2) is 0 Å². The molecule has 5 nitrogen and oxygen atoms in total. The molecule has 0 aliphatic carbocycles. The summed E-state index contributed by atoms with van der Waals surface area (Å²) >= 11 is 0. The van der Waals surface area contributed by atoms with Gasteiger partial charge in [-0.2, -0.15) is 0 Å². The molecule has 1 aliphatic rings. The zero-order valence-electron chi connectivity index (χ0n) is 13.1. The van der Waals surface area contributed by atoms with Crippen molar-refractivity contribution in [2.45, 2.75) is 40.0 Å². The van der Waals surface area contributed by atoms with Crippen molar-refractivity contribution in [3.63, 3.8) is 0 Å². The fourth-order valence-electron chi connectivity index (χ4n) is 2.79. The molecule has 1 atom stereocenters. The summed E-state index contributed by atoms with van der Waals surface area (Å²) < 4.78 is 0. The second-order valence-electron chi connectivity index (χ2n) is 5.63. The molecular formula is C15H29N3O2. The Labute approximate surface area is 122 Å². The molecule has 116 valence electrons. The Morgan fingerprint density at radius 1 is 1.30 bits per heavy atom. The van der Waals surface area contributed by atoms with Gasteiger partial charge in [0.25, 0.3) is 0 Å². The highest BCUT2D eigenvalue weighted by molar-refractivity contribution is 5.84. The molecule has 2 N–H and O–H groups in total. The molecule has 0 bridgehead atoms. The predicted octanol–water partition coefficient (Wildman–Crippen LogP) is 0.997. The maximum Gasteiger partial charge on any atom is 0.239 e. The van der Waals surface area contributed by atoms with Crippen LogP contribution in [0.1, 0.15) is 40.0 Å². The first-order chi connectivity index (χ1) is 9.58. The molecule has 0 aromatic heterocycles. The summed E-state index contributed by atoms with van der Waals surface area (Å²) in [6.45, 7) is 9.46. The van der Waals surface area contributed by atoms with Crippen molar-refractivity contribution in [3.05, 3.63) is 0 Å². The minimum absolute atomic E-state index is 0.0720. The van der Waals surface area contributed by atoms with Crippen LogP contribution in [0.15, 0.2) is 0 Å². The van der Waals surface area contributed by atoms with Crippen LogP contribution in [0.25, 0.3) is 0 Å². The van der Waals surface area contributed by atoms with E-state index in [9.17, 15) is 9.59 Å². The first-order valence-electron chi connectivity index (χ1n) is 7.83. The van der Waals surface area contributed by atoms with Crippen molar-refractivity contribution in [1.82, 2.24) is 15.5 Å². The van der Waals surface area contributed by atoms with Crippen molar-refractivity contribution >= 4 is 11.8 Å². The molecule has 1 fully saturated rings. The van der Waals surface area contributed by atoms with Crippen molar-refractivity contribution in [2.75, 3.05) is 32.7 Å². The van der Waals surface area contributed by atoms with E-state index in [0.29, 0.717) is 31.3 Å². The molecule has 0 radical (unpaired) electrons. The molecule has 0 aromatic rings. The SMILES string of the molecule is CCNC(=O)CN(CC)C(=O)CC(C)C1CCNCC1. The van der Waals surface area contributed by atoms with E-state index in [0.717, 1.165) is 25.9 Å². The molecule has 1 saturated heterocycles. The summed E-state index contributed by atoms with van der Waals surface area (Å²) in [4.78, 5) is 25.5. The molecule has 20 heavy (non-hydrogen) atoms. The Hall–Kier alpha value is -1.10. The third-order valence-corrected chi connectivity index (χ3v) is 4.13. The van der Waals surface area contributed by atoms with E-state index < -0.39 is 0 Å². The number of likely N-dealkylation sites (N-methyl/N-ethyl adjacent to an activating group) is 2. The van der Waals surface area contributed by atoms with Crippen LogP contribution < -0.4 is 10.6 Å². The number of hydrogen-bond acceptors (Lipinski definition) is 3. The maximum atomic E-state index is 12.3. The lowest BCUT2D eigenvalue weighted by Gasteiger charge is -2.29. The van der Waals surface area contributed by atoms with Crippen LogP contribution >= 0.6 is 0 Å². The van der Waals surface area contributed by atoms with E-state index in [1.54, 1.807) is 4.90 Å². The fourth-order valence-corrected chi connectivity index (χ4v) is 2.79. The number of amides is 2. The molecule has 0 spiro atoms. The standard InChI is InChI=1S/C15H29N3O2/c1-4-17-14(19)11-18(5-2)15(20)10-12(3)13-6-8-16-9-7-13/h12-13,16H,4-11H2,1-3H3,(H,17,19). The van der Waals surface area contributed by atoms with Crippen LogP contribution in [0.2, 0.25) is 0 Å². The number of carbonyl (C=O) groups excluding carboxylic acids is 2. The Kier molecular flexibility index (Phi) is 7.59. The second-order valence-corrected chi connectivity index (χ2v) is 5.63. The fraction of sp³-hybridized carbons (Fsp3) is 0.867. The highest BCUT2D eigenvalue weighted by atomic mass is 16.2. The Morgan fingerprint density at radius 3 is 2.50 bits per heavy atom. The molecule has 1 heterocycles. The third-order valence-electron chi connectivity index (χ3n) is 4.13. The van der Waals surface area contributed by atoms with Gasteiger partial charge < -0.3 is 15.5 Å². The highest BCUT2D eigenvalue weighted by Crippen LogP contribution is 2.24. The van der Waals surface area contributed by atoms with Crippen LogP contribution in [0.5, 0.6) is 0 Å². The van der Waals surface area contributed by atoms with Gasteiger partial charge in [-0.3, -0.25) is 9.59 Å². The molecular weight excluding hydrogens is 254 g/mol. The molecule has 2 amide bonds. The summed E-state index contributed by atoms with van der Waals surface area (Å²) in [5.41, 5.74) is 0. The van der Waals surface area contributed by atoms with E-state index >= 15 is 0 Å². The summed E-state index contributed by atoms with van der Waals surface area (Å²) in [6, 6.07) is 0. The lowest BCUT2D eigenvalue weighted by atomic mass is 9.84. The van der Waals surface area contributed by atoms with E-state index in [1.807, 2.05) is 13.8 Å². The van der Waals surface area contributed by atoms with Crippen molar-refractivity contribution in [1.29, 1.82) is 0 Å². The summed E-state index contributed by atoms with van der Waals surface area (Å²) in [7, 11) is 0. The normalized spacial score (nSPS) is 17.6. The number of nitrogens with one attached hydrogen (secondary N) is 2. The average Bonchev–Trinajstić information content (AvgIpc) is 2.45. The summed E-state index contributed by atoms with van der Waals surface area (Å²) in [5, 5.41) is 6.09. The van der Waals surface area contributed by atoms with E-state index in [-0.39, 0.29) is 18.4 Å². The predicted molar refractivity (Wildman–Crippen MR) is 80.3 cm³/mol. The average molecular weight is 283 g/mol. The molecule has 5 heteroatoms. The second kappa shape index (κ2) is 8.95. The van der Waals surface area contributed by atoms with Crippen molar-refractivity contribution in [3.8, 4) is 0 Å². The largest absolute Gasteiger partial charge is 0.355 e. The zero-order valence-corrected chi connectivity index (χ0v) is 13.1. The van der Waals surface area contributed by atoms with Crippen LogP contribution in [-0.2, 0) is 9.59 Å². The lowest BCUT2D eigenvalue weighted by Crippen LogP contribution is -2.41. The van der Waals surface area contributed by atoms with Crippen LogP contribution in [0, 0.1) is 11.8 Å². The minimum atomic E-state index is -0.0720. The van der Waals surface area contributed by atoms with Crippen LogP contribution in [0.3, 0.4) is 0 Å². The number of carbonyl (C=O) groups is 2. The number of nitrogens with zero attached hydrogens (tertiary/aromatic N) is 1. The van der Waals surface area contributed by atoms with Gasteiger partial charge in [0, 0.05) is 19.5 Å². The monoisotopic (exact) mass is 283 g/mol. The maximum absolute atomic E-state index is 12.3.